The molecule has 348 valence electrons. The van der Waals surface area contributed by atoms with E-state index in [-0.39, 0.29) is 109 Å². The van der Waals surface area contributed by atoms with Crippen LogP contribution < -0.4 is 20.4 Å². The molecule has 0 atom stereocenters. The van der Waals surface area contributed by atoms with Gasteiger partial charge in [-0.3, -0.25) is 8.37 Å². The Morgan fingerprint density at radius 1 is 0.515 bits per heavy atom. The minimum atomic E-state index is -4.37. The lowest BCUT2D eigenvalue weighted by molar-refractivity contribution is 0.279. The molecule has 22 heteroatoms. The molecule has 0 unspecified atom stereocenters. The van der Waals surface area contributed by atoms with Gasteiger partial charge in [-0.2, -0.15) is 41.8 Å². The largest absolute Gasteiger partial charge is 0.395 e. The summed E-state index contributed by atoms with van der Waals surface area (Å²) in [6, 6.07) is 27.6. The van der Waals surface area contributed by atoms with Gasteiger partial charge in [0.05, 0.1) is 40.6 Å². The van der Waals surface area contributed by atoms with Crippen molar-refractivity contribution in [2.75, 3.05) is 87.3 Å². The van der Waals surface area contributed by atoms with Crippen molar-refractivity contribution in [1.29, 1.82) is 0 Å². The first-order valence-electron chi connectivity index (χ1n) is 20.5. The summed E-state index contributed by atoms with van der Waals surface area (Å²) in [6.45, 7) is -0.394. The van der Waals surface area contributed by atoms with Gasteiger partial charge < -0.3 is 40.9 Å². The molecule has 20 nitrogen and oxygen atoms in total. The molecule has 0 aliphatic carbocycles. The molecule has 0 amide bonds. The molecule has 0 radical (unpaired) electrons. The molecule has 0 aliphatic heterocycles. The summed E-state index contributed by atoms with van der Waals surface area (Å²) in [6.07, 6.45) is 3.29. The quantitative estimate of drug-likeness (QED) is 0.0376. The number of benzene rings is 4. The Morgan fingerprint density at radius 2 is 0.970 bits per heavy atom. The van der Waals surface area contributed by atoms with Crippen LogP contribution >= 0.6 is 0 Å². The number of hydrogen-bond acceptors (Lipinski definition) is 20. The average Bonchev–Trinajstić information content (AvgIpc) is 3.31. The van der Waals surface area contributed by atoms with Crippen LogP contribution in [0.5, 0.6) is 0 Å². The summed E-state index contributed by atoms with van der Waals surface area (Å²) in [5, 5.41) is 44.9. The molecular formula is C44H50N10O10S2. The van der Waals surface area contributed by atoms with Gasteiger partial charge in [0.1, 0.15) is 21.4 Å². The second-order valence-corrected chi connectivity index (χ2v) is 17.6. The first kappa shape index (κ1) is 48.9. The minimum Gasteiger partial charge on any atom is -0.395 e. The second kappa shape index (κ2) is 23.1. The van der Waals surface area contributed by atoms with Crippen LogP contribution in [0.15, 0.2) is 107 Å². The standard InChI is InChI=1S/C44H50N10O10S2/c1-63-65(59,60)37-27-32(29-40-47-39(28-31-9-5-3-6-10-31)48-43(49-40)53(19-23-55)20-24-56)13-14-33(37)15-16-34-17-18-36(30-38(34)66(61,62)64-2)46-42-50-41(45-35-11-7-4-8-12-35)51-44(52-42)54(21-25-57)22-26-58/h3-18,27,30,55-58H,19-26,28-29H2,1-2H3,(H2,45,46,50,51,52)/b16-15+. The first-order valence-corrected chi connectivity index (χ1v) is 23.3. The van der Waals surface area contributed by atoms with Crippen LogP contribution in [0.2, 0.25) is 0 Å². The Hall–Kier alpha value is -6.50. The van der Waals surface area contributed by atoms with Gasteiger partial charge in [-0.15, -0.1) is 0 Å². The molecule has 0 saturated heterocycles. The number of para-hydroxylation sites is 1. The molecule has 6 rings (SSSR count). The number of aliphatic hydroxyl groups excluding tert-OH is 4. The molecule has 0 saturated carbocycles. The molecule has 0 spiro atoms. The van der Waals surface area contributed by atoms with Crippen molar-refractivity contribution in [2.24, 2.45) is 0 Å². The zero-order valence-corrected chi connectivity index (χ0v) is 37.7. The summed E-state index contributed by atoms with van der Waals surface area (Å²) < 4.78 is 63.5. The van der Waals surface area contributed by atoms with Gasteiger partial charge in [-0.25, -0.2) is 4.98 Å². The number of anilines is 6. The number of rotatable bonds is 24. The van der Waals surface area contributed by atoms with E-state index in [4.69, 9.17) is 8.37 Å². The molecule has 66 heavy (non-hydrogen) atoms. The monoisotopic (exact) mass is 942 g/mol. The molecular weight excluding hydrogens is 893 g/mol. The maximum atomic E-state index is 13.4. The number of aromatic nitrogens is 6. The predicted octanol–water partition coefficient (Wildman–Crippen LogP) is 3.15. The van der Waals surface area contributed by atoms with Gasteiger partial charge in [0.2, 0.25) is 23.8 Å². The molecule has 2 aromatic heterocycles. The van der Waals surface area contributed by atoms with Crippen molar-refractivity contribution >= 4 is 67.6 Å². The van der Waals surface area contributed by atoms with Crippen molar-refractivity contribution < 1.29 is 45.6 Å². The highest BCUT2D eigenvalue weighted by Crippen LogP contribution is 2.29. The van der Waals surface area contributed by atoms with E-state index in [9.17, 15) is 37.3 Å². The topological polar surface area (TPSA) is 276 Å². The zero-order chi connectivity index (χ0) is 47.1. The van der Waals surface area contributed by atoms with Crippen LogP contribution in [0.25, 0.3) is 12.2 Å². The van der Waals surface area contributed by atoms with Crippen molar-refractivity contribution in [2.45, 2.75) is 22.6 Å². The van der Waals surface area contributed by atoms with Gasteiger partial charge in [0, 0.05) is 50.4 Å². The van der Waals surface area contributed by atoms with Crippen LogP contribution in [0.3, 0.4) is 0 Å². The highest BCUT2D eigenvalue weighted by molar-refractivity contribution is 7.87. The van der Waals surface area contributed by atoms with Gasteiger partial charge >= 0.3 is 0 Å². The van der Waals surface area contributed by atoms with Gasteiger partial charge in [0.25, 0.3) is 20.2 Å². The van der Waals surface area contributed by atoms with E-state index in [1.54, 1.807) is 40.1 Å². The van der Waals surface area contributed by atoms with Crippen molar-refractivity contribution in [3.05, 3.63) is 131 Å². The summed E-state index contributed by atoms with van der Waals surface area (Å²) >= 11 is 0. The van der Waals surface area contributed by atoms with Gasteiger partial charge in [-0.1, -0.05) is 78.9 Å². The Morgan fingerprint density at radius 3 is 1.48 bits per heavy atom. The van der Waals surface area contributed by atoms with Crippen LogP contribution in [0.1, 0.15) is 33.9 Å². The van der Waals surface area contributed by atoms with Crippen LogP contribution in [-0.4, -0.2) is 134 Å². The Bertz CT molecular complexity index is 2610. The van der Waals surface area contributed by atoms with Gasteiger partial charge in [0.15, 0.2) is 0 Å². The highest BCUT2D eigenvalue weighted by atomic mass is 32.2. The summed E-state index contributed by atoms with van der Waals surface area (Å²) in [7, 11) is -6.66. The number of aliphatic hydroxyl groups is 4. The van der Waals surface area contributed by atoms with E-state index in [1.807, 2.05) is 48.5 Å². The molecule has 0 aliphatic rings. The average molecular weight is 943 g/mol. The number of nitrogens with one attached hydrogen (secondary N) is 2. The first-order chi connectivity index (χ1) is 31.9. The lowest BCUT2D eigenvalue weighted by Crippen LogP contribution is -2.32. The van der Waals surface area contributed by atoms with Crippen LogP contribution in [-0.2, 0) is 41.4 Å². The molecule has 0 bridgehead atoms. The zero-order valence-electron chi connectivity index (χ0n) is 36.1. The predicted molar refractivity (Wildman–Crippen MR) is 248 cm³/mol. The Balaban J connectivity index is 1.34. The molecule has 6 aromatic rings. The van der Waals surface area contributed by atoms with E-state index < -0.39 is 20.2 Å². The maximum absolute atomic E-state index is 13.4. The molecule has 2 heterocycles. The Labute approximate surface area is 382 Å². The normalized spacial score (nSPS) is 11.8. The summed E-state index contributed by atoms with van der Waals surface area (Å²) in [5.74, 6) is 1.24. The third kappa shape index (κ3) is 13.1. The lowest BCUT2D eigenvalue weighted by atomic mass is 10.1. The van der Waals surface area contributed by atoms with Crippen LogP contribution in [0.4, 0.5) is 35.2 Å². The fourth-order valence-electron chi connectivity index (χ4n) is 6.59. The lowest BCUT2D eigenvalue weighted by Gasteiger charge is -2.21. The summed E-state index contributed by atoms with van der Waals surface area (Å²) in [5.41, 5.74) is 2.66. The summed E-state index contributed by atoms with van der Waals surface area (Å²) in [4.78, 5) is 30.0. The van der Waals surface area contributed by atoms with E-state index >= 15 is 0 Å². The third-order valence-electron chi connectivity index (χ3n) is 9.75. The highest BCUT2D eigenvalue weighted by Gasteiger charge is 2.22. The Kier molecular flexibility index (Phi) is 17.1. The van der Waals surface area contributed by atoms with Crippen molar-refractivity contribution in [3.8, 4) is 0 Å². The van der Waals surface area contributed by atoms with E-state index in [1.165, 1.54) is 30.4 Å². The second-order valence-electron chi connectivity index (χ2n) is 14.3. The molecule has 0 fully saturated rings. The maximum Gasteiger partial charge on any atom is 0.297 e. The van der Waals surface area contributed by atoms with E-state index in [0.717, 1.165) is 19.8 Å². The fraction of sp³-hybridized carbons (Fsp3) is 0.273. The minimum absolute atomic E-state index is 0.00586. The van der Waals surface area contributed by atoms with E-state index in [2.05, 4.69) is 40.5 Å². The van der Waals surface area contributed by atoms with E-state index in [0.29, 0.717) is 29.3 Å². The fourth-order valence-corrected chi connectivity index (χ4v) is 8.36. The van der Waals surface area contributed by atoms with Crippen LogP contribution in [0, 0.1) is 0 Å². The van der Waals surface area contributed by atoms with Crippen molar-refractivity contribution in [1.82, 2.24) is 29.9 Å². The molecule has 4 aromatic carbocycles. The molecule has 6 N–H and O–H groups in total. The third-order valence-corrected chi connectivity index (χ3v) is 12.4. The number of hydrogen-bond donors (Lipinski definition) is 6. The number of nitrogens with zero attached hydrogens (tertiary/aromatic N) is 8. The SMILES string of the molecule is COS(=O)(=O)c1cc(Cc2nc(Cc3ccccc3)nc(N(CCO)CCO)n2)ccc1/C=C/c1ccc(Nc2nc(Nc3ccccc3)nc(N(CCO)CCO)n2)cc1S(=O)(=O)OC. The van der Waals surface area contributed by atoms with Crippen molar-refractivity contribution in [3.63, 3.8) is 0 Å². The smallest absolute Gasteiger partial charge is 0.297 e. The van der Waals surface area contributed by atoms with Gasteiger partial charge in [-0.05, 0) is 52.6 Å².